The Labute approximate surface area is 140 Å². The summed E-state index contributed by atoms with van der Waals surface area (Å²) in [5, 5.41) is 0. The first-order valence-corrected chi connectivity index (χ1v) is 7.69. The molecule has 4 nitrogen and oxygen atoms in total. The van der Waals surface area contributed by atoms with Crippen LogP contribution < -0.4 is 5.73 Å². The normalized spacial score (nSPS) is 21.3. The van der Waals surface area contributed by atoms with Crippen molar-refractivity contribution in [3.8, 4) is 0 Å². The second kappa shape index (κ2) is 8.13. The lowest BCUT2D eigenvalue weighted by Crippen LogP contribution is -2.47. The number of carbonyl (C=O) groups excluding carboxylic acids is 1. The van der Waals surface area contributed by atoms with Crippen LogP contribution in [0.15, 0.2) is 28.7 Å². The van der Waals surface area contributed by atoms with Gasteiger partial charge in [-0.25, -0.2) is 0 Å². The maximum Gasteiger partial charge on any atom is 0.227 e. The van der Waals surface area contributed by atoms with Gasteiger partial charge in [0.15, 0.2) is 0 Å². The largest absolute Gasteiger partial charge is 0.370 e. The van der Waals surface area contributed by atoms with Crippen LogP contribution in [0.25, 0.3) is 0 Å². The van der Waals surface area contributed by atoms with Gasteiger partial charge in [0.2, 0.25) is 5.91 Å². The second-order valence-electron chi connectivity index (χ2n) is 5.35. The molecule has 1 amide bonds. The summed E-state index contributed by atoms with van der Waals surface area (Å²) >= 11 is 3.46. The van der Waals surface area contributed by atoms with Crippen LogP contribution in [0.1, 0.15) is 25.5 Å². The van der Waals surface area contributed by atoms with Crippen LogP contribution >= 0.6 is 28.3 Å². The van der Waals surface area contributed by atoms with E-state index in [0.29, 0.717) is 19.7 Å². The van der Waals surface area contributed by atoms with E-state index in [1.54, 1.807) is 0 Å². The lowest BCUT2D eigenvalue weighted by atomic mass is 10.0. The van der Waals surface area contributed by atoms with Crippen molar-refractivity contribution in [1.82, 2.24) is 4.90 Å². The molecule has 1 fully saturated rings. The van der Waals surface area contributed by atoms with Crippen molar-refractivity contribution < 1.29 is 9.53 Å². The zero-order valence-electron chi connectivity index (χ0n) is 12.3. The van der Waals surface area contributed by atoms with Crippen molar-refractivity contribution in [2.45, 2.75) is 26.0 Å². The Morgan fingerprint density at radius 2 is 2.19 bits per heavy atom. The van der Waals surface area contributed by atoms with Gasteiger partial charge in [0, 0.05) is 17.1 Å². The molecule has 1 aliphatic rings. The number of amides is 1. The lowest BCUT2D eigenvalue weighted by Gasteiger charge is -2.35. The van der Waals surface area contributed by atoms with E-state index in [0.717, 1.165) is 10.0 Å². The molecule has 0 aliphatic carbocycles. The van der Waals surface area contributed by atoms with Gasteiger partial charge in [-0.1, -0.05) is 35.0 Å². The van der Waals surface area contributed by atoms with E-state index in [1.807, 2.05) is 43.0 Å². The minimum Gasteiger partial charge on any atom is -0.370 e. The zero-order chi connectivity index (χ0) is 14.7. The molecule has 2 N–H and O–H groups in total. The maximum absolute atomic E-state index is 12.4. The highest BCUT2D eigenvalue weighted by Crippen LogP contribution is 2.25. The molecular weight excluding hydrogens is 356 g/mol. The van der Waals surface area contributed by atoms with Gasteiger partial charge in [-0.05, 0) is 24.6 Å². The summed E-state index contributed by atoms with van der Waals surface area (Å²) in [5.74, 6) is -0.0421. The average Bonchev–Trinajstić information content (AvgIpc) is 2.45. The zero-order valence-corrected chi connectivity index (χ0v) is 14.7. The number of ether oxygens (including phenoxy) is 1. The monoisotopic (exact) mass is 376 g/mol. The van der Waals surface area contributed by atoms with Gasteiger partial charge in [-0.2, -0.15) is 0 Å². The topological polar surface area (TPSA) is 55.6 Å². The lowest BCUT2D eigenvalue weighted by molar-refractivity contribution is -0.143. The molecule has 1 aromatic rings. The number of benzene rings is 1. The van der Waals surface area contributed by atoms with Crippen LogP contribution in [0, 0.1) is 5.92 Å². The first-order chi connectivity index (χ1) is 9.49. The highest BCUT2D eigenvalue weighted by atomic mass is 79.9. The maximum atomic E-state index is 12.4. The third-order valence-electron chi connectivity index (χ3n) is 3.78. The molecule has 2 rings (SSSR count). The highest BCUT2D eigenvalue weighted by Gasteiger charge is 2.29. The second-order valence-corrected chi connectivity index (χ2v) is 6.26. The molecule has 0 radical (unpaired) electrons. The summed E-state index contributed by atoms with van der Waals surface area (Å²) in [6, 6.07) is 7.89. The van der Waals surface area contributed by atoms with Gasteiger partial charge in [0.25, 0.3) is 0 Å². The van der Waals surface area contributed by atoms with Crippen LogP contribution in [-0.2, 0) is 9.53 Å². The summed E-state index contributed by atoms with van der Waals surface area (Å²) in [6.45, 7) is 5.55. The van der Waals surface area contributed by atoms with Crippen LogP contribution in [0.5, 0.6) is 0 Å². The molecule has 0 spiro atoms. The Morgan fingerprint density at radius 1 is 1.48 bits per heavy atom. The smallest absolute Gasteiger partial charge is 0.227 e. The van der Waals surface area contributed by atoms with E-state index in [4.69, 9.17) is 10.5 Å². The number of hydrogen-bond donors (Lipinski definition) is 1. The van der Waals surface area contributed by atoms with Crippen molar-refractivity contribution in [1.29, 1.82) is 0 Å². The molecule has 0 aromatic heterocycles. The van der Waals surface area contributed by atoms with E-state index < -0.39 is 0 Å². The SMILES string of the molecule is CC(N)C(C)C(=O)N1CCOC(c2cccc(Br)c2)C1.Cl. The number of carbonyl (C=O) groups is 1. The van der Waals surface area contributed by atoms with Gasteiger partial charge >= 0.3 is 0 Å². The van der Waals surface area contributed by atoms with Crippen LogP contribution in [-0.4, -0.2) is 36.5 Å². The number of hydrogen-bond acceptors (Lipinski definition) is 3. The van der Waals surface area contributed by atoms with E-state index in [2.05, 4.69) is 15.9 Å². The first kappa shape index (κ1) is 18.4. The molecular formula is C15H22BrClN2O2. The van der Waals surface area contributed by atoms with Crippen LogP contribution in [0.2, 0.25) is 0 Å². The van der Waals surface area contributed by atoms with Crippen molar-refractivity contribution in [3.05, 3.63) is 34.3 Å². The minimum atomic E-state index is -0.156. The van der Waals surface area contributed by atoms with Gasteiger partial charge in [0.1, 0.15) is 6.10 Å². The Morgan fingerprint density at radius 3 is 2.81 bits per heavy atom. The molecule has 118 valence electrons. The molecule has 0 bridgehead atoms. The number of nitrogens with zero attached hydrogens (tertiary/aromatic N) is 1. The predicted octanol–water partition coefficient (Wildman–Crippen LogP) is 2.75. The fourth-order valence-electron chi connectivity index (χ4n) is 2.27. The van der Waals surface area contributed by atoms with Gasteiger partial charge in [0.05, 0.1) is 19.1 Å². The number of halogens is 2. The Kier molecular flexibility index (Phi) is 7.13. The molecule has 1 aliphatic heterocycles. The first-order valence-electron chi connectivity index (χ1n) is 6.90. The third kappa shape index (κ3) is 4.68. The van der Waals surface area contributed by atoms with Crippen LogP contribution in [0.4, 0.5) is 0 Å². The fourth-order valence-corrected chi connectivity index (χ4v) is 2.69. The van der Waals surface area contributed by atoms with Crippen molar-refractivity contribution in [3.63, 3.8) is 0 Å². The molecule has 1 heterocycles. The molecule has 1 aromatic carbocycles. The van der Waals surface area contributed by atoms with E-state index in [-0.39, 0.29) is 36.4 Å². The van der Waals surface area contributed by atoms with Crippen LogP contribution in [0.3, 0.4) is 0 Å². The average molecular weight is 378 g/mol. The van der Waals surface area contributed by atoms with Crippen molar-refractivity contribution >= 4 is 34.2 Å². The Bertz CT molecular complexity index is 484. The number of nitrogens with two attached hydrogens (primary N) is 1. The summed E-state index contributed by atoms with van der Waals surface area (Å²) in [7, 11) is 0. The standard InChI is InChI=1S/C15H21BrN2O2.ClH/c1-10(11(2)17)15(19)18-6-7-20-14(9-18)12-4-3-5-13(16)8-12;/h3-5,8,10-11,14H,6-7,9,17H2,1-2H3;1H. The fraction of sp³-hybridized carbons (Fsp3) is 0.533. The number of morpholine rings is 1. The third-order valence-corrected chi connectivity index (χ3v) is 4.27. The summed E-state index contributed by atoms with van der Waals surface area (Å²) in [6.07, 6.45) is -0.0644. The Balaban J connectivity index is 0.00000220. The predicted molar refractivity (Wildman–Crippen MR) is 89.5 cm³/mol. The molecule has 1 saturated heterocycles. The van der Waals surface area contributed by atoms with E-state index in [1.165, 1.54) is 0 Å². The minimum absolute atomic E-state index is 0. The summed E-state index contributed by atoms with van der Waals surface area (Å²) < 4.78 is 6.81. The van der Waals surface area contributed by atoms with Crippen molar-refractivity contribution in [2.24, 2.45) is 11.7 Å². The molecule has 21 heavy (non-hydrogen) atoms. The summed E-state index contributed by atoms with van der Waals surface area (Å²) in [5.41, 5.74) is 6.91. The molecule has 0 saturated carbocycles. The Hall–Kier alpha value is -0.620. The van der Waals surface area contributed by atoms with Gasteiger partial charge < -0.3 is 15.4 Å². The summed E-state index contributed by atoms with van der Waals surface area (Å²) in [4.78, 5) is 14.2. The molecule has 3 atom stereocenters. The van der Waals surface area contributed by atoms with Crippen molar-refractivity contribution in [2.75, 3.05) is 19.7 Å². The highest BCUT2D eigenvalue weighted by molar-refractivity contribution is 9.10. The molecule has 6 heteroatoms. The quantitative estimate of drug-likeness (QED) is 0.881. The van der Waals surface area contributed by atoms with E-state index in [9.17, 15) is 4.79 Å². The number of rotatable bonds is 3. The van der Waals surface area contributed by atoms with Gasteiger partial charge in [-0.3, -0.25) is 4.79 Å². The van der Waals surface area contributed by atoms with E-state index >= 15 is 0 Å². The van der Waals surface area contributed by atoms with Gasteiger partial charge in [-0.15, -0.1) is 12.4 Å². The molecule has 3 unspecified atom stereocenters.